The number of aryl methyl sites for hydroxylation is 1. The number of para-hydroxylation sites is 1. The molecule has 3 rings (SSSR count). The van der Waals surface area contributed by atoms with Crippen LogP contribution in [0, 0.1) is 0 Å². The number of nitrogens with one attached hydrogen (secondary N) is 1. The topological polar surface area (TPSA) is 39.1 Å². The van der Waals surface area contributed by atoms with Gasteiger partial charge in [0.25, 0.3) is 0 Å². The van der Waals surface area contributed by atoms with Gasteiger partial charge in [0.15, 0.2) is 0 Å². The zero-order valence-electron chi connectivity index (χ0n) is 9.31. The lowest BCUT2D eigenvalue weighted by Gasteiger charge is -2.12. The Balaban J connectivity index is 1.96. The number of benzene rings is 1. The van der Waals surface area contributed by atoms with Crippen LogP contribution in [0.15, 0.2) is 24.5 Å². The van der Waals surface area contributed by atoms with E-state index in [-0.39, 0.29) is 6.10 Å². The molecule has 0 amide bonds. The van der Waals surface area contributed by atoms with E-state index in [0.717, 1.165) is 36.3 Å². The lowest BCUT2D eigenvalue weighted by molar-refractivity contribution is 0.225. The summed E-state index contributed by atoms with van der Waals surface area (Å²) in [6.07, 6.45) is 3.18. The van der Waals surface area contributed by atoms with Gasteiger partial charge in [-0.25, -0.2) is 4.98 Å². The van der Waals surface area contributed by atoms with Gasteiger partial charge in [-0.05, 0) is 25.1 Å². The molecule has 0 radical (unpaired) electrons. The third-order valence-corrected chi connectivity index (χ3v) is 3.03. The first-order valence-corrected chi connectivity index (χ1v) is 5.62. The first-order chi connectivity index (χ1) is 7.84. The highest BCUT2D eigenvalue weighted by Crippen LogP contribution is 2.25. The third-order valence-electron chi connectivity index (χ3n) is 3.03. The van der Waals surface area contributed by atoms with Gasteiger partial charge in [-0.2, -0.15) is 0 Å². The van der Waals surface area contributed by atoms with E-state index in [2.05, 4.69) is 16.4 Å². The second-order valence-corrected chi connectivity index (χ2v) is 4.21. The van der Waals surface area contributed by atoms with Gasteiger partial charge < -0.3 is 14.6 Å². The van der Waals surface area contributed by atoms with E-state index >= 15 is 0 Å². The molecule has 1 aromatic carbocycles. The molecule has 0 aliphatic carbocycles. The molecule has 84 valence electrons. The van der Waals surface area contributed by atoms with Crippen molar-refractivity contribution in [2.75, 3.05) is 13.1 Å². The van der Waals surface area contributed by atoms with Gasteiger partial charge in [0.1, 0.15) is 17.4 Å². The summed E-state index contributed by atoms with van der Waals surface area (Å²) in [5, 5.41) is 3.30. The molecule has 4 nitrogen and oxygen atoms in total. The van der Waals surface area contributed by atoms with E-state index in [9.17, 15) is 0 Å². The van der Waals surface area contributed by atoms with Gasteiger partial charge in [0.2, 0.25) is 0 Å². The van der Waals surface area contributed by atoms with Crippen LogP contribution in [0.4, 0.5) is 0 Å². The molecule has 1 atom stereocenters. The molecule has 16 heavy (non-hydrogen) atoms. The van der Waals surface area contributed by atoms with Crippen LogP contribution in [0.5, 0.6) is 5.75 Å². The average molecular weight is 217 g/mol. The Hall–Kier alpha value is -1.55. The first kappa shape index (κ1) is 9.66. The minimum atomic E-state index is 0.285. The minimum Gasteiger partial charge on any atom is -0.487 e. The number of imidazole rings is 1. The molecule has 2 aromatic rings. The van der Waals surface area contributed by atoms with Crippen LogP contribution in [-0.4, -0.2) is 28.7 Å². The lowest BCUT2D eigenvalue weighted by Crippen LogP contribution is -2.19. The number of aromatic nitrogens is 2. The normalized spacial score (nSPS) is 20.4. The van der Waals surface area contributed by atoms with E-state index in [1.807, 2.05) is 30.1 Å². The van der Waals surface area contributed by atoms with Crippen LogP contribution >= 0.6 is 0 Å². The Kier molecular flexibility index (Phi) is 2.29. The lowest BCUT2D eigenvalue weighted by atomic mass is 10.2. The SMILES string of the molecule is Cn1cnc2c(OC3CCNC3)cccc21. The zero-order valence-corrected chi connectivity index (χ0v) is 9.31. The van der Waals surface area contributed by atoms with Gasteiger partial charge in [0.05, 0.1) is 11.8 Å². The van der Waals surface area contributed by atoms with Crippen LogP contribution in [0.1, 0.15) is 6.42 Å². The van der Waals surface area contributed by atoms with Crippen LogP contribution in [0.25, 0.3) is 11.0 Å². The summed E-state index contributed by atoms with van der Waals surface area (Å²) in [4.78, 5) is 4.38. The Morgan fingerprint density at radius 3 is 3.25 bits per heavy atom. The molecule has 0 bridgehead atoms. The molecule has 1 fully saturated rings. The fourth-order valence-corrected chi connectivity index (χ4v) is 2.14. The Bertz CT molecular complexity index is 500. The van der Waals surface area contributed by atoms with E-state index < -0.39 is 0 Å². The summed E-state index contributed by atoms with van der Waals surface area (Å²) in [6.45, 7) is 1.98. The molecule has 1 N–H and O–H groups in total. The van der Waals surface area contributed by atoms with Gasteiger partial charge in [-0.3, -0.25) is 0 Å². The number of ether oxygens (including phenoxy) is 1. The molecule has 1 aliphatic heterocycles. The van der Waals surface area contributed by atoms with Crippen LogP contribution in [0.3, 0.4) is 0 Å². The maximum absolute atomic E-state index is 5.96. The average Bonchev–Trinajstić information content (AvgIpc) is 2.90. The molecule has 0 spiro atoms. The molecule has 2 heterocycles. The quantitative estimate of drug-likeness (QED) is 0.824. The summed E-state index contributed by atoms with van der Waals surface area (Å²) in [7, 11) is 2.00. The van der Waals surface area contributed by atoms with Crippen molar-refractivity contribution >= 4 is 11.0 Å². The molecule has 1 saturated heterocycles. The smallest absolute Gasteiger partial charge is 0.147 e. The predicted octanol–water partition coefficient (Wildman–Crippen LogP) is 1.31. The second-order valence-electron chi connectivity index (χ2n) is 4.21. The van der Waals surface area contributed by atoms with Crippen molar-refractivity contribution in [2.24, 2.45) is 7.05 Å². The maximum atomic E-state index is 5.96. The fourth-order valence-electron chi connectivity index (χ4n) is 2.14. The Morgan fingerprint density at radius 2 is 2.44 bits per heavy atom. The third kappa shape index (κ3) is 1.55. The molecule has 1 unspecified atom stereocenters. The van der Waals surface area contributed by atoms with Crippen molar-refractivity contribution in [1.29, 1.82) is 0 Å². The first-order valence-electron chi connectivity index (χ1n) is 5.62. The van der Waals surface area contributed by atoms with Gasteiger partial charge in [-0.15, -0.1) is 0 Å². The van der Waals surface area contributed by atoms with Crippen molar-refractivity contribution < 1.29 is 4.74 Å². The zero-order chi connectivity index (χ0) is 11.0. The van der Waals surface area contributed by atoms with E-state index in [1.54, 1.807) is 0 Å². The molecular weight excluding hydrogens is 202 g/mol. The highest BCUT2D eigenvalue weighted by atomic mass is 16.5. The van der Waals surface area contributed by atoms with Crippen LogP contribution < -0.4 is 10.1 Å². The number of rotatable bonds is 2. The summed E-state index contributed by atoms with van der Waals surface area (Å²) in [5.74, 6) is 0.895. The van der Waals surface area contributed by atoms with Crippen molar-refractivity contribution in [3.63, 3.8) is 0 Å². The van der Waals surface area contributed by atoms with Gasteiger partial charge >= 0.3 is 0 Å². The molecule has 4 heteroatoms. The van der Waals surface area contributed by atoms with E-state index in [4.69, 9.17) is 4.74 Å². The van der Waals surface area contributed by atoms with Crippen molar-refractivity contribution in [2.45, 2.75) is 12.5 Å². The second kappa shape index (κ2) is 3.79. The van der Waals surface area contributed by atoms with Crippen LogP contribution in [0.2, 0.25) is 0 Å². The minimum absolute atomic E-state index is 0.285. The summed E-state index contributed by atoms with van der Waals surface area (Å²) in [5.41, 5.74) is 2.07. The predicted molar refractivity (Wildman–Crippen MR) is 62.6 cm³/mol. The largest absolute Gasteiger partial charge is 0.487 e. The highest BCUT2D eigenvalue weighted by Gasteiger charge is 2.17. The number of hydrogen-bond donors (Lipinski definition) is 1. The van der Waals surface area contributed by atoms with Crippen molar-refractivity contribution in [3.8, 4) is 5.75 Å². The maximum Gasteiger partial charge on any atom is 0.147 e. The summed E-state index contributed by atoms with van der Waals surface area (Å²) >= 11 is 0. The van der Waals surface area contributed by atoms with Crippen molar-refractivity contribution in [3.05, 3.63) is 24.5 Å². The molecule has 1 aromatic heterocycles. The van der Waals surface area contributed by atoms with Crippen molar-refractivity contribution in [1.82, 2.24) is 14.9 Å². The Labute approximate surface area is 94.2 Å². The summed E-state index contributed by atoms with van der Waals surface area (Å²) < 4.78 is 7.97. The standard InChI is InChI=1S/C12H15N3O/c1-15-8-14-12-10(15)3-2-4-11(12)16-9-5-6-13-7-9/h2-4,8-9,13H,5-7H2,1H3. The number of hydrogen-bond acceptors (Lipinski definition) is 3. The van der Waals surface area contributed by atoms with E-state index in [0.29, 0.717) is 0 Å². The fraction of sp³-hybridized carbons (Fsp3) is 0.417. The van der Waals surface area contributed by atoms with E-state index in [1.165, 1.54) is 0 Å². The number of fused-ring (bicyclic) bond motifs is 1. The summed E-state index contributed by atoms with van der Waals surface area (Å²) in [6, 6.07) is 6.07. The van der Waals surface area contributed by atoms with Crippen LogP contribution in [-0.2, 0) is 7.05 Å². The monoisotopic (exact) mass is 217 g/mol. The van der Waals surface area contributed by atoms with Gasteiger partial charge in [0, 0.05) is 13.6 Å². The molecule has 0 saturated carbocycles. The van der Waals surface area contributed by atoms with Gasteiger partial charge in [-0.1, -0.05) is 6.07 Å². The Morgan fingerprint density at radius 1 is 1.50 bits per heavy atom. The highest BCUT2D eigenvalue weighted by molar-refractivity contribution is 5.81. The number of nitrogens with zero attached hydrogens (tertiary/aromatic N) is 2. The molecular formula is C12H15N3O. The molecule has 1 aliphatic rings.